The highest BCUT2D eigenvalue weighted by atomic mass is 16.2. The summed E-state index contributed by atoms with van der Waals surface area (Å²) in [7, 11) is 0. The lowest BCUT2D eigenvalue weighted by Crippen LogP contribution is -2.28. The van der Waals surface area contributed by atoms with Crippen molar-refractivity contribution in [3.8, 4) is 0 Å². The largest absolute Gasteiger partial charge is 0.326 e. The molecule has 1 heterocycles. The lowest BCUT2D eigenvalue weighted by molar-refractivity contribution is -0.122. The maximum Gasteiger partial charge on any atom is 0.229 e. The van der Waals surface area contributed by atoms with Gasteiger partial charge < -0.3 is 10.2 Å². The molecule has 140 valence electrons. The quantitative estimate of drug-likeness (QED) is 0.729. The predicted octanol–water partition coefficient (Wildman–Crippen LogP) is 4.27. The zero-order chi connectivity index (χ0) is 19.3. The maximum absolute atomic E-state index is 12.9. The summed E-state index contributed by atoms with van der Waals surface area (Å²) >= 11 is 0. The summed E-state index contributed by atoms with van der Waals surface area (Å²) in [5.74, 6) is -0.464. The van der Waals surface area contributed by atoms with Crippen LogP contribution in [0.5, 0.6) is 0 Å². The van der Waals surface area contributed by atoms with Crippen LogP contribution in [0.25, 0.3) is 0 Å². The minimum atomic E-state index is -0.350. The van der Waals surface area contributed by atoms with Crippen LogP contribution in [0.1, 0.15) is 17.5 Å². The van der Waals surface area contributed by atoms with Gasteiger partial charge in [-0.25, -0.2) is 0 Å². The van der Waals surface area contributed by atoms with Crippen molar-refractivity contribution in [2.45, 2.75) is 12.8 Å². The first kappa shape index (κ1) is 18.0. The molecule has 4 heteroatoms. The van der Waals surface area contributed by atoms with E-state index in [1.807, 2.05) is 72.8 Å². The van der Waals surface area contributed by atoms with Crippen LogP contribution in [0, 0.1) is 5.92 Å². The first-order valence-electron chi connectivity index (χ1n) is 9.49. The summed E-state index contributed by atoms with van der Waals surface area (Å²) in [6.07, 6.45) is 0.985. The number of hydrogen-bond acceptors (Lipinski definition) is 2. The Morgan fingerprint density at radius 2 is 1.54 bits per heavy atom. The highest BCUT2D eigenvalue weighted by Gasteiger charge is 2.35. The minimum absolute atomic E-state index is 0.0103. The molecule has 0 radical (unpaired) electrons. The maximum atomic E-state index is 12.9. The Balaban J connectivity index is 1.47. The van der Waals surface area contributed by atoms with Crippen molar-refractivity contribution in [2.75, 3.05) is 16.8 Å². The molecule has 1 aliphatic heterocycles. The van der Waals surface area contributed by atoms with Crippen LogP contribution in [0.15, 0.2) is 84.9 Å². The molecule has 2 amide bonds. The van der Waals surface area contributed by atoms with Gasteiger partial charge in [0.25, 0.3) is 0 Å². The summed E-state index contributed by atoms with van der Waals surface area (Å²) < 4.78 is 0. The monoisotopic (exact) mass is 370 g/mol. The molecule has 1 atom stereocenters. The average Bonchev–Trinajstić information content (AvgIpc) is 3.13. The van der Waals surface area contributed by atoms with E-state index in [0.717, 1.165) is 23.4 Å². The van der Waals surface area contributed by atoms with E-state index < -0.39 is 0 Å². The second-order valence-corrected chi connectivity index (χ2v) is 7.05. The van der Waals surface area contributed by atoms with Gasteiger partial charge in [-0.1, -0.05) is 66.7 Å². The first-order valence-corrected chi connectivity index (χ1v) is 9.49. The van der Waals surface area contributed by atoms with Crippen molar-refractivity contribution >= 4 is 23.2 Å². The molecule has 3 aromatic carbocycles. The molecule has 4 rings (SSSR count). The van der Waals surface area contributed by atoms with Crippen LogP contribution >= 0.6 is 0 Å². The van der Waals surface area contributed by atoms with Gasteiger partial charge in [-0.2, -0.15) is 0 Å². The Hall–Kier alpha value is -3.40. The van der Waals surface area contributed by atoms with Gasteiger partial charge in [0, 0.05) is 24.3 Å². The number of hydrogen-bond donors (Lipinski definition) is 1. The Labute approximate surface area is 164 Å². The number of nitrogens with one attached hydrogen (secondary N) is 1. The molecular formula is C24H22N2O2. The number of para-hydroxylation sites is 2. The normalized spacial score (nSPS) is 16.2. The molecule has 28 heavy (non-hydrogen) atoms. The van der Waals surface area contributed by atoms with E-state index in [2.05, 4.69) is 17.4 Å². The van der Waals surface area contributed by atoms with Crippen LogP contribution in [0.3, 0.4) is 0 Å². The number of anilines is 2. The van der Waals surface area contributed by atoms with Gasteiger partial charge >= 0.3 is 0 Å². The SMILES string of the molecule is O=C(Nc1ccccc1Cc1ccccc1)[C@H]1CC(=O)N(c2ccccc2)C1. The van der Waals surface area contributed by atoms with Crippen LogP contribution in [-0.2, 0) is 16.0 Å². The van der Waals surface area contributed by atoms with Crippen molar-refractivity contribution in [2.24, 2.45) is 5.92 Å². The van der Waals surface area contributed by atoms with Crippen molar-refractivity contribution in [1.29, 1.82) is 0 Å². The first-order chi connectivity index (χ1) is 13.7. The molecular weight excluding hydrogens is 348 g/mol. The Morgan fingerprint density at radius 3 is 2.29 bits per heavy atom. The fourth-order valence-corrected chi connectivity index (χ4v) is 3.59. The number of nitrogens with zero attached hydrogens (tertiary/aromatic N) is 1. The van der Waals surface area contributed by atoms with Gasteiger partial charge in [0.15, 0.2) is 0 Å². The minimum Gasteiger partial charge on any atom is -0.326 e. The fourth-order valence-electron chi connectivity index (χ4n) is 3.59. The van der Waals surface area contributed by atoms with Crippen molar-refractivity contribution in [3.05, 3.63) is 96.1 Å². The smallest absolute Gasteiger partial charge is 0.229 e. The number of amides is 2. The van der Waals surface area contributed by atoms with E-state index in [-0.39, 0.29) is 24.2 Å². The van der Waals surface area contributed by atoms with E-state index in [1.165, 1.54) is 5.56 Å². The fraction of sp³-hybridized carbons (Fsp3) is 0.167. The molecule has 0 unspecified atom stereocenters. The lowest BCUT2D eigenvalue weighted by Gasteiger charge is -2.17. The highest BCUT2D eigenvalue weighted by molar-refractivity contribution is 6.03. The van der Waals surface area contributed by atoms with Gasteiger partial charge in [0.2, 0.25) is 11.8 Å². The molecule has 0 aliphatic carbocycles. The number of carbonyl (C=O) groups is 2. The number of rotatable bonds is 5. The van der Waals surface area contributed by atoms with Crippen LogP contribution in [0.4, 0.5) is 11.4 Å². The standard InChI is InChI=1S/C24H22N2O2/c27-23-16-20(17-26(23)21-12-5-2-6-13-21)24(28)25-22-14-8-7-11-19(22)15-18-9-3-1-4-10-18/h1-14,20H,15-17H2,(H,25,28)/t20-/m0/s1. The summed E-state index contributed by atoms with van der Waals surface area (Å²) in [5, 5.41) is 3.05. The van der Waals surface area contributed by atoms with Gasteiger partial charge in [0.1, 0.15) is 0 Å². The molecule has 1 saturated heterocycles. The zero-order valence-corrected chi connectivity index (χ0v) is 15.5. The average molecular weight is 370 g/mol. The molecule has 1 N–H and O–H groups in total. The summed E-state index contributed by atoms with van der Waals surface area (Å²) in [5.41, 5.74) is 3.90. The molecule has 0 aromatic heterocycles. The van der Waals surface area contributed by atoms with Crippen LogP contribution in [0.2, 0.25) is 0 Å². The number of carbonyl (C=O) groups excluding carboxylic acids is 2. The molecule has 4 nitrogen and oxygen atoms in total. The third-order valence-electron chi connectivity index (χ3n) is 5.08. The second kappa shape index (κ2) is 8.09. The van der Waals surface area contributed by atoms with Crippen LogP contribution in [-0.4, -0.2) is 18.4 Å². The molecule has 0 spiro atoms. The van der Waals surface area contributed by atoms with Gasteiger partial charge in [-0.15, -0.1) is 0 Å². The van der Waals surface area contributed by atoms with Gasteiger partial charge in [-0.3, -0.25) is 9.59 Å². The second-order valence-electron chi connectivity index (χ2n) is 7.05. The van der Waals surface area contributed by atoms with E-state index in [4.69, 9.17) is 0 Å². The molecule has 0 saturated carbocycles. The molecule has 1 fully saturated rings. The van der Waals surface area contributed by atoms with Gasteiger partial charge in [0.05, 0.1) is 5.92 Å². The predicted molar refractivity (Wildman–Crippen MR) is 111 cm³/mol. The number of benzene rings is 3. The van der Waals surface area contributed by atoms with Crippen molar-refractivity contribution < 1.29 is 9.59 Å². The lowest BCUT2D eigenvalue weighted by atomic mass is 10.0. The Morgan fingerprint density at radius 1 is 0.893 bits per heavy atom. The highest BCUT2D eigenvalue weighted by Crippen LogP contribution is 2.27. The van der Waals surface area contributed by atoms with Crippen LogP contribution < -0.4 is 10.2 Å². The van der Waals surface area contributed by atoms with Crippen molar-refractivity contribution in [3.63, 3.8) is 0 Å². The van der Waals surface area contributed by atoms with Gasteiger partial charge in [-0.05, 0) is 35.7 Å². The van der Waals surface area contributed by atoms with Crippen molar-refractivity contribution in [1.82, 2.24) is 0 Å². The molecule has 0 bridgehead atoms. The summed E-state index contributed by atoms with van der Waals surface area (Å²) in [6.45, 7) is 0.412. The van der Waals surface area contributed by atoms with E-state index in [0.29, 0.717) is 6.54 Å². The summed E-state index contributed by atoms with van der Waals surface area (Å²) in [4.78, 5) is 26.9. The molecule has 3 aromatic rings. The van der Waals surface area contributed by atoms with E-state index in [9.17, 15) is 9.59 Å². The third kappa shape index (κ3) is 3.96. The molecule has 1 aliphatic rings. The topological polar surface area (TPSA) is 49.4 Å². The van der Waals surface area contributed by atoms with E-state index in [1.54, 1.807) is 4.90 Å². The zero-order valence-electron chi connectivity index (χ0n) is 15.5. The van der Waals surface area contributed by atoms with E-state index >= 15 is 0 Å². The Kier molecular flexibility index (Phi) is 5.20. The third-order valence-corrected chi connectivity index (χ3v) is 5.08. The summed E-state index contributed by atoms with van der Waals surface area (Å²) in [6, 6.07) is 27.5. The Bertz CT molecular complexity index is 970.